The zero-order valence-electron chi connectivity index (χ0n) is 27.8. The Morgan fingerprint density at radius 1 is 0.476 bits per heavy atom. The van der Waals surface area contributed by atoms with Crippen molar-refractivity contribution in [1.29, 1.82) is 0 Å². The fourth-order valence-corrected chi connectivity index (χ4v) is 4.58. The van der Waals surface area contributed by atoms with E-state index in [-0.39, 0.29) is 5.97 Å². The third-order valence-electron chi connectivity index (χ3n) is 7.09. The molecule has 0 aliphatic heterocycles. The summed E-state index contributed by atoms with van der Waals surface area (Å²) in [6, 6.07) is 0. The Kier molecular flexibility index (Phi) is 36.9. The summed E-state index contributed by atoms with van der Waals surface area (Å²) in [5, 5.41) is 0. The topological polar surface area (TPSA) is 78.9 Å². The van der Waals surface area contributed by atoms with Crippen LogP contribution < -0.4 is 0 Å². The molecular weight excluding hydrogens is 528 g/mol. The summed E-state index contributed by atoms with van der Waals surface area (Å²) in [7, 11) is 0. The van der Waals surface area contributed by atoms with Gasteiger partial charge in [0, 0.05) is 19.1 Å². The van der Waals surface area contributed by atoms with Gasteiger partial charge < -0.3 is 14.2 Å². The number of hydrogen-bond acceptors (Lipinski definition) is 6. The predicted molar refractivity (Wildman–Crippen MR) is 175 cm³/mol. The van der Waals surface area contributed by atoms with E-state index in [9.17, 15) is 14.4 Å². The Labute approximate surface area is 259 Å². The minimum absolute atomic E-state index is 0.329. The van der Waals surface area contributed by atoms with E-state index < -0.39 is 11.9 Å². The van der Waals surface area contributed by atoms with Crippen molar-refractivity contribution in [2.45, 2.75) is 175 Å². The minimum Gasteiger partial charge on any atom is -0.463 e. The van der Waals surface area contributed by atoms with Crippen molar-refractivity contribution in [2.24, 2.45) is 0 Å². The number of rotatable bonds is 29. The van der Waals surface area contributed by atoms with E-state index in [0.717, 1.165) is 31.9 Å². The van der Waals surface area contributed by atoms with Crippen molar-refractivity contribution in [3.05, 3.63) is 25.0 Å². The van der Waals surface area contributed by atoms with Gasteiger partial charge in [0.15, 0.2) is 0 Å². The Morgan fingerprint density at radius 3 is 0.952 bits per heavy atom. The molecule has 0 atom stereocenters. The van der Waals surface area contributed by atoms with Crippen LogP contribution in [0.25, 0.3) is 0 Å². The van der Waals surface area contributed by atoms with Crippen LogP contribution in [0.15, 0.2) is 25.0 Å². The molecule has 0 saturated heterocycles. The first kappa shape index (κ1) is 42.0. The highest BCUT2D eigenvalue weighted by Crippen LogP contribution is 2.13. The molecule has 0 spiro atoms. The fraction of sp³-hybridized carbons (Fsp3) is 0.806. The molecule has 0 unspecified atom stereocenters. The van der Waals surface area contributed by atoms with Crippen molar-refractivity contribution < 1.29 is 28.6 Å². The van der Waals surface area contributed by atoms with Gasteiger partial charge in [0.1, 0.15) is 0 Å². The molecule has 0 aromatic heterocycles. The Morgan fingerprint density at radius 2 is 0.738 bits per heavy atom. The van der Waals surface area contributed by atoms with Crippen LogP contribution in [0.3, 0.4) is 0 Å². The number of ether oxygens (including phenoxy) is 3. The van der Waals surface area contributed by atoms with Crippen molar-refractivity contribution in [2.75, 3.05) is 13.2 Å². The van der Waals surface area contributed by atoms with E-state index in [1.807, 2.05) is 0 Å². The summed E-state index contributed by atoms with van der Waals surface area (Å²) in [5.41, 5.74) is 0. The maximum absolute atomic E-state index is 11.7. The van der Waals surface area contributed by atoms with Crippen LogP contribution in [0.2, 0.25) is 0 Å². The van der Waals surface area contributed by atoms with Crippen molar-refractivity contribution in [3.8, 4) is 0 Å². The molecule has 0 saturated carbocycles. The average Bonchev–Trinajstić information content (AvgIpc) is 2.97. The van der Waals surface area contributed by atoms with Crippen LogP contribution in [0.1, 0.15) is 175 Å². The van der Waals surface area contributed by atoms with E-state index in [1.54, 1.807) is 0 Å². The summed E-state index contributed by atoms with van der Waals surface area (Å²) in [6.45, 7) is 9.85. The zero-order chi connectivity index (χ0) is 31.4. The van der Waals surface area contributed by atoms with E-state index >= 15 is 0 Å². The lowest BCUT2D eigenvalue weighted by molar-refractivity contribution is -0.140. The summed E-state index contributed by atoms with van der Waals surface area (Å²) >= 11 is 0. The van der Waals surface area contributed by atoms with Crippen LogP contribution in [0.4, 0.5) is 0 Å². The molecule has 246 valence electrons. The molecule has 0 aromatic carbocycles. The number of carbonyl (C=O) groups excluding carboxylic acids is 3. The summed E-state index contributed by atoms with van der Waals surface area (Å²) in [4.78, 5) is 33.2. The van der Waals surface area contributed by atoms with Crippen molar-refractivity contribution >= 4 is 17.9 Å². The molecule has 0 aliphatic carbocycles. The monoisotopic (exact) mass is 594 g/mol. The average molecular weight is 595 g/mol. The molecule has 0 radical (unpaired) electrons. The van der Waals surface area contributed by atoms with Crippen LogP contribution in [-0.2, 0) is 28.6 Å². The second-order valence-corrected chi connectivity index (χ2v) is 11.2. The summed E-state index contributed by atoms with van der Waals surface area (Å²) < 4.78 is 14.5. The van der Waals surface area contributed by atoms with E-state index in [0.29, 0.717) is 13.2 Å². The molecule has 0 amide bonds. The van der Waals surface area contributed by atoms with Gasteiger partial charge in [-0.1, -0.05) is 162 Å². The third kappa shape index (κ3) is 40.0. The Bertz CT molecular complexity index is 599. The van der Waals surface area contributed by atoms with Crippen molar-refractivity contribution in [1.82, 2.24) is 0 Å². The van der Waals surface area contributed by atoms with E-state index in [4.69, 9.17) is 9.47 Å². The molecule has 0 N–H and O–H groups in total. The molecule has 6 heteroatoms. The zero-order valence-corrected chi connectivity index (χ0v) is 27.8. The quantitative estimate of drug-likeness (QED) is 0.0282. The number of hydrogen-bond donors (Lipinski definition) is 0. The lowest BCUT2D eigenvalue weighted by atomic mass is 10.1. The number of esters is 3. The van der Waals surface area contributed by atoms with Gasteiger partial charge in [0.2, 0.25) is 0 Å². The molecule has 0 fully saturated rings. The first-order chi connectivity index (χ1) is 20.5. The van der Waals surface area contributed by atoms with Gasteiger partial charge in [0.05, 0.1) is 19.5 Å². The predicted octanol–water partition coefficient (Wildman–Crippen LogP) is 10.7. The Hall–Kier alpha value is -2.11. The van der Waals surface area contributed by atoms with Gasteiger partial charge >= 0.3 is 17.9 Å². The van der Waals surface area contributed by atoms with Crippen LogP contribution in [-0.4, -0.2) is 31.1 Å². The number of carbonyl (C=O) groups is 3. The lowest BCUT2D eigenvalue weighted by Gasteiger charge is -2.04. The first-order valence-electron chi connectivity index (χ1n) is 17.3. The molecule has 0 aromatic rings. The van der Waals surface area contributed by atoms with Gasteiger partial charge in [-0.15, -0.1) is 0 Å². The standard InChI is InChI=1S/C32H60O4.C4H6O2/c1-3-5-7-9-11-13-15-17-19-21-23-25-29-35-31(33)27-28-32(34)36-30-26-24-22-20-18-16-14-12-10-8-6-4-2;1-3-6-4(2)5/h27-28H,3-26,29-30H2,1-2H3;3H,1H2,2H3. The SMILES string of the molecule is C=COC(C)=O.CCCCCCCCCCCCCCOC(=O)C=CC(=O)OCCCCCCCCCCCCCC. The largest absolute Gasteiger partial charge is 0.463 e. The van der Waals surface area contributed by atoms with Crippen LogP contribution in [0.5, 0.6) is 0 Å². The molecule has 0 bridgehead atoms. The van der Waals surface area contributed by atoms with Gasteiger partial charge in [-0.05, 0) is 12.8 Å². The highest BCUT2D eigenvalue weighted by molar-refractivity contribution is 5.91. The highest BCUT2D eigenvalue weighted by Gasteiger charge is 2.02. The van der Waals surface area contributed by atoms with E-state index in [1.165, 1.54) is 147 Å². The van der Waals surface area contributed by atoms with Crippen LogP contribution >= 0.6 is 0 Å². The lowest BCUT2D eigenvalue weighted by Crippen LogP contribution is -2.06. The second kappa shape index (κ2) is 36.9. The third-order valence-corrected chi connectivity index (χ3v) is 7.09. The van der Waals surface area contributed by atoms with Crippen molar-refractivity contribution in [3.63, 3.8) is 0 Å². The molecule has 6 nitrogen and oxygen atoms in total. The molecule has 42 heavy (non-hydrogen) atoms. The summed E-state index contributed by atoms with van der Waals surface area (Å²) in [5.74, 6) is -1.24. The smallest absolute Gasteiger partial charge is 0.331 e. The second-order valence-electron chi connectivity index (χ2n) is 11.2. The van der Waals surface area contributed by atoms with E-state index in [2.05, 4.69) is 25.2 Å². The maximum Gasteiger partial charge on any atom is 0.331 e. The summed E-state index contributed by atoms with van der Waals surface area (Å²) in [6.07, 6.45) is 34.2. The van der Waals surface area contributed by atoms with Gasteiger partial charge in [0.25, 0.3) is 0 Å². The molecule has 0 rings (SSSR count). The fourth-order valence-electron chi connectivity index (χ4n) is 4.58. The maximum atomic E-state index is 11.7. The first-order valence-corrected chi connectivity index (χ1v) is 17.3. The molecule has 0 aliphatic rings. The molecule has 0 heterocycles. The number of unbranched alkanes of at least 4 members (excludes halogenated alkanes) is 22. The normalized spacial score (nSPS) is 10.6. The van der Waals surface area contributed by atoms with Crippen LogP contribution in [0, 0.1) is 0 Å². The van der Waals surface area contributed by atoms with Gasteiger partial charge in [-0.25, -0.2) is 9.59 Å². The van der Waals surface area contributed by atoms with Gasteiger partial charge in [-0.2, -0.15) is 0 Å². The Balaban J connectivity index is 0. The highest BCUT2D eigenvalue weighted by atomic mass is 16.5. The molecular formula is C36H66O6. The minimum atomic E-state index is -0.458. The van der Waals surface area contributed by atoms with Gasteiger partial charge in [-0.3, -0.25) is 4.79 Å².